The van der Waals surface area contributed by atoms with E-state index in [2.05, 4.69) is 9.47 Å². The van der Waals surface area contributed by atoms with E-state index in [4.69, 9.17) is 4.74 Å². The molecular formula is C13H20O7. The Balaban J connectivity index is 5.12. The molecule has 0 N–H and O–H groups in total. The highest BCUT2D eigenvalue weighted by Gasteiger charge is 2.39. The monoisotopic (exact) mass is 288 g/mol. The van der Waals surface area contributed by atoms with E-state index >= 15 is 0 Å². The van der Waals surface area contributed by atoms with Gasteiger partial charge in [0.1, 0.15) is 11.7 Å². The second-order valence-electron chi connectivity index (χ2n) is 4.08. The van der Waals surface area contributed by atoms with E-state index in [1.54, 1.807) is 6.92 Å². The first-order valence-electron chi connectivity index (χ1n) is 6.20. The van der Waals surface area contributed by atoms with E-state index in [9.17, 15) is 19.2 Å². The van der Waals surface area contributed by atoms with Gasteiger partial charge in [0.15, 0.2) is 0 Å². The number of carbonyl (C=O) groups excluding carboxylic acids is 4. The number of hydrogen-bond donors (Lipinski definition) is 0. The molecular weight excluding hydrogens is 268 g/mol. The Morgan fingerprint density at radius 3 is 2.00 bits per heavy atom. The van der Waals surface area contributed by atoms with Gasteiger partial charge in [0.25, 0.3) is 0 Å². The highest BCUT2D eigenvalue weighted by molar-refractivity contribution is 6.01. The van der Waals surface area contributed by atoms with Crippen molar-refractivity contribution in [1.82, 2.24) is 0 Å². The molecule has 0 fully saturated rings. The zero-order valence-corrected chi connectivity index (χ0v) is 12.1. The third-order valence-electron chi connectivity index (χ3n) is 2.77. The lowest BCUT2D eigenvalue weighted by Gasteiger charge is -2.21. The van der Waals surface area contributed by atoms with Gasteiger partial charge in [-0.05, 0) is 20.3 Å². The largest absolute Gasteiger partial charge is 0.469 e. The third-order valence-corrected chi connectivity index (χ3v) is 2.77. The van der Waals surface area contributed by atoms with Crippen LogP contribution in [0.3, 0.4) is 0 Å². The molecule has 0 aliphatic rings. The summed E-state index contributed by atoms with van der Waals surface area (Å²) in [6.45, 7) is 2.87. The average Bonchev–Trinajstić information content (AvgIpc) is 2.41. The number of hydrogen-bond acceptors (Lipinski definition) is 7. The molecule has 0 radical (unpaired) electrons. The number of ether oxygens (including phenoxy) is 3. The molecule has 0 aromatic rings. The van der Waals surface area contributed by atoms with Crippen LogP contribution in [0.25, 0.3) is 0 Å². The van der Waals surface area contributed by atoms with E-state index in [1.807, 2.05) is 0 Å². The van der Waals surface area contributed by atoms with Crippen molar-refractivity contribution in [3.8, 4) is 0 Å². The topological polar surface area (TPSA) is 96.0 Å². The fourth-order valence-electron chi connectivity index (χ4n) is 1.79. The number of ketones is 1. The Bertz CT molecular complexity index is 375. The summed E-state index contributed by atoms with van der Waals surface area (Å²) in [5.41, 5.74) is 0. The van der Waals surface area contributed by atoms with Crippen molar-refractivity contribution in [1.29, 1.82) is 0 Å². The number of methoxy groups -OCH3 is 2. The molecule has 7 heteroatoms. The molecule has 0 aromatic carbocycles. The Morgan fingerprint density at radius 1 is 1.00 bits per heavy atom. The van der Waals surface area contributed by atoms with E-state index in [1.165, 1.54) is 14.0 Å². The van der Waals surface area contributed by atoms with Crippen molar-refractivity contribution in [2.45, 2.75) is 26.7 Å². The van der Waals surface area contributed by atoms with E-state index in [-0.39, 0.29) is 19.4 Å². The summed E-state index contributed by atoms with van der Waals surface area (Å²) in [5.74, 6) is -4.90. The minimum Gasteiger partial charge on any atom is -0.469 e. The third kappa shape index (κ3) is 5.38. The van der Waals surface area contributed by atoms with Crippen molar-refractivity contribution >= 4 is 23.7 Å². The van der Waals surface area contributed by atoms with Crippen LogP contribution in [-0.2, 0) is 33.4 Å². The van der Waals surface area contributed by atoms with Crippen LogP contribution in [0.4, 0.5) is 0 Å². The van der Waals surface area contributed by atoms with Gasteiger partial charge in [0, 0.05) is 6.42 Å². The lowest BCUT2D eigenvalue weighted by atomic mass is 9.85. The Labute approximate surface area is 117 Å². The predicted molar refractivity (Wildman–Crippen MR) is 67.6 cm³/mol. The zero-order valence-electron chi connectivity index (χ0n) is 12.1. The molecule has 114 valence electrons. The van der Waals surface area contributed by atoms with Crippen LogP contribution < -0.4 is 0 Å². The van der Waals surface area contributed by atoms with Crippen molar-refractivity contribution < 1.29 is 33.4 Å². The second-order valence-corrected chi connectivity index (χ2v) is 4.08. The highest BCUT2D eigenvalue weighted by atomic mass is 16.5. The fraction of sp³-hybridized carbons (Fsp3) is 0.692. The van der Waals surface area contributed by atoms with E-state index in [0.29, 0.717) is 0 Å². The number of carbonyl (C=O) groups is 4. The maximum atomic E-state index is 11.8. The molecule has 0 aliphatic heterocycles. The first kappa shape index (κ1) is 18.1. The molecule has 0 saturated heterocycles. The van der Waals surface area contributed by atoms with Crippen molar-refractivity contribution in [2.75, 3.05) is 20.8 Å². The van der Waals surface area contributed by atoms with Crippen LogP contribution in [0.2, 0.25) is 0 Å². The molecule has 0 heterocycles. The van der Waals surface area contributed by atoms with Crippen LogP contribution in [0, 0.1) is 11.8 Å². The van der Waals surface area contributed by atoms with Gasteiger partial charge in [-0.25, -0.2) is 0 Å². The Morgan fingerprint density at radius 2 is 1.60 bits per heavy atom. The maximum Gasteiger partial charge on any atom is 0.317 e. The first-order chi connectivity index (χ1) is 9.38. The highest BCUT2D eigenvalue weighted by Crippen LogP contribution is 2.22. The molecule has 2 atom stereocenters. The van der Waals surface area contributed by atoms with Gasteiger partial charge in [0.2, 0.25) is 0 Å². The van der Waals surface area contributed by atoms with Crippen molar-refractivity contribution in [3.05, 3.63) is 0 Å². The first-order valence-corrected chi connectivity index (χ1v) is 6.20. The standard InChI is InChI=1S/C13H20O7/c1-5-20-13(17)11(8(2)14)9(12(16)19-4)6-7-10(15)18-3/h9,11H,5-7H2,1-4H3. The van der Waals surface area contributed by atoms with Gasteiger partial charge >= 0.3 is 17.9 Å². The number of rotatable bonds is 8. The maximum absolute atomic E-state index is 11.8. The SMILES string of the molecule is CCOC(=O)C(C(C)=O)C(CCC(=O)OC)C(=O)OC. The lowest BCUT2D eigenvalue weighted by Crippen LogP contribution is -2.37. The summed E-state index contributed by atoms with van der Waals surface area (Å²) in [5, 5.41) is 0. The molecule has 2 unspecified atom stereocenters. The number of esters is 3. The minimum atomic E-state index is -1.27. The summed E-state index contributed by atoms with van der Waals surface area (Å²) < 4.78 is 13.8. The molecule has 0 aliphatic carbocycles. The predicted octanol–water partition coefficient (Wildman–Crippen LogP) is 0.497. The Kier molecular flexibility index (Phi) is 8.19. The molecule has 20 heavy (non-hydrogen) atoms. The fourth-order valence-corrected chi connectivity index (χ4v) is 1.79. The van der Waals surface area contributed by atoms with Crippen LogP contribution in [0.15, 0.2) is 0 Å². The van der Waals surface area contributed by atoms with Gasteiger partial charge in [-0.15, -0.1) is 0 Å². The summed E-state index contributed by atoms with van der Waals surface area (Å²) in [6, 6.07) is 0. The summed E-state index contributed by atoms with van der Waals surface area (Å²) in [6.07, 6.45) is -0.123. The zero-order chi connectivity index (χ0) is 15.7. The van der Waals surface area contributed by atoms with Gasteiger partial charge in [0.05, 0.1) is 26.7 Å². The molecule has 0 bridgehead atoms. The molecule has 0 aromatic heterocycles. The van der Waals surface area contributed by atoms with Crippen molar-refractivity contribution in [2.24, 2.45) is 11.8 Å². The summed E-state index contributed by atoms with van der Waals surface area (Å²) >= 11 is 0. The van der Waals surface area contributed by atoms with Crippen molar-refractivity contribution in [3.63, 3.8) is 0 Å². The minimum absolute atomic E-state index is 0.0254. The molecule has 0 rings (SSSR count). The van der Waals surface area contributed by atoms with Gasteiger partial charge in [-0.2, -0.15) is 0 Å². The average molecular weight is 288 g/mol. The van der Waals surface area contributed by atoms with Gasteiger partial charge in [-0.3, -0.25) is 19.2 Å². The second kappa shape index (κ2) is 9.06. The van der Waals surface area contributed by atoms with Crippen LogP contribution >= 0.6 is 0 Å². The molecule has 0 amide bonds. The molecule has 0 spiro atoms. The lowest BCUT2D eigenvalue weighted by molar-refractivity contribution is -0.162. The summed E-state index contributed by atoms with van der Waals surface area (Å²) in [4.78, 5) is 46.3. The van der Waals surface area contributed by atoms with Crippen LogP contribution in [-0.4, -0.2) is 44.5 Å². The van der Waals surface area contributed by atoms with E-state index < -0.39 is 35.5 Å². The normalized spacial score (nSPS) is 13.0. The van der Waals surface area contributed by atoms with Crippen LogP contribution in [0.5, 0.6) is 0 Å². The summed E-state index contributed by atoms with van der Waals surface area (Å²) in [7, 11) is 2.36. The number of Topliss-reactive ketones (excluding diaryl/α,β-unsaturated/α-hetero) is 1. The quantitative estimate of drug-likeness (QED) is 0.364. The van der Waals surface area contributed by atoms with E-state index in [0.717, 1.165) is 7.11 Å². The molecule has 7 nitrogen and oxygen atoms in total. The van der Waals surface area contributed by atoms with Crippen LogP contribution in [0.1, 0.15) is 26.7 Å². The smallest absolute Gasteiger partial charge is 0.317 e. The van der Waals surface area contributed by atoms with Gasteiger partial charge in [-0.1, -0.05) is 0 Å². The molecule has 0 saturated carbocycles. The Hall–Kier alpha value is -1.92. The van der Waals surface area contributed by atoms with Gasteiger partial charge < -0.3 is 14.2 Å².